The maximum absolute atomic E-state index is 12.8. The summed E-state index contributed by atoms with van der Waals surface area (Å²) >= 11 is 0. The zero-order valence-corrected chi connectivity index (χ0v) is 17.0. The molecule has 6 rings (SSSR count). The van der Waals surface area contributed by atoms with E-state index < -0.39 is 5.60 Å². The quantitative estimate of drug-likeness (QED) is 0.568. The molecule has 4 fully saturated rings. The van der Waals surface area contributed by atoms with Gasteiger partial charge in [0.2, 0.25) is 0 Å². The van der Waals surface area contributed by atoms with Crippen LogP contribution in [0.4, 0.5) is 0 Å². The van der Waals surface area contributed by atoms with Gasteiger partial charge in [-0.1, -0.05) is 25.0 Å². The van der Waals surface area contributed by atoms with Crippen LogP contribution in [-0.2, 0) is 9.53 Å². The van der Waals surface area contributed by atoms with Crippen molar-refractivity contribution < 1.29 is 14.6 Å². The molecule has 2 saturated heterocycles. The molecule has 8 atom stereocenters. The third-order valence-corrected chi connectivity index (χ3v) is 10.4. The van der Waals surface area contributed by atoms with Crippen molar-refractivity contribution in [2.45, 2.75) is 70.4 Å². The minimum atomic E-state index is -0.592. The molecule has 0 amide bonds. The predicted octanol–water partition coefficient (Wildman–Crippen LogP) is 3.15. The minimum Gasteiger partial charge on any atom is -0.469 e. The van der Waals surface area contributed by atoms with E-state index in [9.17, 15) is 9.90 Å². The van der Waals surface area contributed by atoms with Crippen molar-refractivity contribution in [3.63, 3.8) is 0 Å². The van der Waals surface area contributed by atoms with Crippen LogP contribution in [0.2, 0.25) is 0 Å². The largest absolute Gasteiger partial charge is 0.469 e. The van der Waals surface area contributed by atoms with E-state index in [-0.39, 0.29) is 28.8 Å². The van der Waals surface area contributed by atoms with Crippen molar-refractivity contribution in [3.8, 4) is 0 Å². The molecule has 6 aliphatic rings. The number of nitrogens with zero attached hydrogens (tertiary/aromatic N) is 1. The summed E-state index contributed by atoms with van der Waals surface area (Å²) in [4.78, 5) is 15.5. The Balaban J connectivity index is 1.62. The highest BCUT2D eigenvalue weighted by Gasteiger charge is 2.77. The lowest BCUT2D eigenvalue weighted by Crippen LogP contribution is -2.71. The van der Waals surface area contributed by atoms with Crippen LogP contribution >= 0.6 is 0 Å². The summed E-state index contributed by atoms with van der Waals surface area (Å²) in [5.74, 6) is 1.36. The van der Waals surface area contributed by atoms with Crippen LogP contribution in [-0.4, -0.2) is 47.8 Å². The van der Waals surface area contributed by atoms with Gasteiger partial charge in [-0.3, -0.25) is 9.69 Å². The summed E-state index contributed by atoms with van der Waals surface area (Å²) in [6, 6.07) is 0.202. The number of ether oxygens (including phenoxy) is 1. The SMILES string of the molecule is COC(=O)[C@H]1C[C@]23C4=C(CC[C@H]5CN6C[C@H](C)[C@](O)(CC[C@]52C)[C@@H]63)CC[C@H]41. The molecular weight excluding hydrogens is 338 g/mol. The summed E-state index contributed by atoms with van der Waals surface area (Å²) in [5.41, 5.74) is 2.90. The Bertz CT molecular complexity index is 761. The summed E-state index contributed by atoms with van der Waals surface area (Å²) in [7, 11) is 1.55. The van der Waals surface area contributed by atoms with Gasteiger partial charge in [-0.2, -0.15) is 0 Å². The fourth-order valence-electron chi connectivity index (χ4n) is 9.29. The van der Waals surface area contributed by atoms with Gasteiger partial charge in [-0.25, -0.2) is 0 Å². The van der Waals surface area contributed by atoms with E-state index in [0.717, 1.165) is 38.8 Å². The molecule has 0 aromatic rings. The molecule has 27 heavy (non-hydrogen) atoms. The van der Waals surface area contributed by atoms with Gasteiger partial charge in [0, 0.05) is 24.5 Å². The van der Waals surface area contributed by atoms with Crippen LogP contribution in [0.5, 0.6) is 0 Å². The first-order valence-corrected chi connectivity index (χ1v) is 11.1. The van der Waals surface area contributed by atoms with Gasteiger partial charge >= 0.3 is 5.97 Å². The van der Waals surface area contributed by atoms with Crippen LogP contribution in [0.3, 0.4) is 0 Å². The molecule has 2 aliphatic heterocycles. The molecule has 2 heterocycles. The van der Waals surface area contributed by atoms with Crippen LogP contribution in [0, 0.1) is 34.5 Å². The molecule has 2 saturated carbocycles. The van der Waals surface area contributed by atoms with E-state index in [1.54, 1.807) is 18.3 Å². The first kappa shape index (κ1) is 17.0. The third kappa shape index (κ3) is 1.66. The molecular formula is C23H33NO3. The highest BCUT2D eigenvalue weighted by Crippen LogP contribution is 2.77. The van der Waals surface area contributed by atoms with E-state index in [0.29, 0.717) is 17.8 Å². The second-order valence-corrected chi connectivity index (χ2v) is 10.9. The summed E-state index contributed by atoms with van der Waals surface area (Å²) in [6.07, 6.45) is 7.75. The topological polar surface area (TPSA) is 49.8 Å². The molecule has 0 radical (unpaired) electrons. The predicted molar refractivity (Wildman–Crippen MR) is 102 cm³/mol. The molecule has 4 heteroatoms. The van der Waals surface area contributed by atoms with E-state index in [1.807, 2.05) is 0 Å². The molecule has 148 valence electrons. The van der Waals surface area contributed by atoms with Crippen LogP contribution in [0.1, 0.15) is 58.8 Å². The van der Waals surface area contributed by atoms with Crippen molar-refractivity contribution in [2.75, 3.05) is 20.2 Å². The van der Waals surface area contributed by atoms with Crippen molar-refractivity contribution in [3.05, 3.63) is 11.1 Å². The maximum Gasteiger partial charge on any atom is 0.309 e. The Morgan fingerprint density at radius 3 is 2.78 bits per heavy atom. The Labute approximate surface area is 162 Å². The number of rotatable bonds is 1. The zero-order chi connectivity index (χ0) is 18.8. The first-order chi connectivity index (χ1) is 12.9. The number of methoxy groups -OCH3 is 1. The van der Waals surface area contributed by atoms with E-state index in [1.165, 1.54) is 19.3 Å². The van der Waals surface area contributed by atoms with E-state index in [4.69, 9.17) is 4.74 Å². The van der Waals surface area contributed by atoms with Crippen LogP contribution in [0.15, 0.2) is 11.1 Å². The van der Waals surface area contributed by atoms with Gasteiger partial charge in [-0.05, 0) is 68.1 Å². The number of hydrogen-bond donors (Lipinski definition) is 1. The van der Waals surface area contributed by atoms with Gasteiger partial charge in [0.1, 0.15) is 0 Å². The maximum atomic E-state index is 12.8. The van der Waals surface area contributed by atoms with Gasteiger partial charge in [0.25, 0.3) is 0 Å². The average molecular weight is 372 g/mol. The Morgan fingerprint density at radius 2 is 2.00 bits per heavy atom. The fourth-order valence-corrected chi connectivity index (χ4v) is 9.29. The van der Waals surface area contributed by atoms with Crippen molar-refractivity contribution in [1.29, 1.82) is 0 Å². The van der Waals surface area contributed by atoms with Gasteiger partial charge in [0.05, 0.1) is 18.6 Å². The third-order valence-electron chi connectivity index (χ3n) is 10.4. The van der Waals surface area contributed by atoms with Gasteiger partial charge in [-0.15, -0.1) is 0 Å². The lowest BCUT2D eigenvalue weighted by molar-refractivity contribution is -0.198. The highest BCUT2D eigenvalue weighted by atomic mass is 16.5. The van der Waals surface area contributed by atoms with Gasteiger partial charge < -0.3 is 9.84 Å². The molecule has 1 N–H and O–H groups in total. The second kappa shape index (κ2) is 4.99. The summed E-state index contributed by atoms with van der Waals surface area (Å²) in [6.45, 7) is 6.95. The average Bonchev–Trinajstić information content (AvgIpc) is 3.26. The lowest BCUT2D eigenvalue weighted by Gasteiger charge is -2.67. The molecule has 4 aliphatic carbocycles. The molecule has 0 aromatic carbocycles. The minimum absolute atomic E-state index is 0.00113. The monoisotopic (exact) mass is 371 g/mol. The molecule has 1 spiro atoms. The van der Waals surface area contributed by atoms with Crippen LogP contribution in [0.25, 0.3) is 0 Å². The Hall–Kier alpha value is -0.870. The molecule has 4 bridgehead atoms. The van der Waals surface area contributed by atoms with E-state index >= 15 is 0 Å². The zero-order valence-electron chi connectivity index (χ0n) is 17.0. The summed E-state index contributed by atoms with van der Waals surface area (Å²) in [5, 5.41) is 12.0. The van der Waals surface area contributed by atoms with Crippen LogP contribution < -0.4 is 0 Å². The smallest absolute Gasteiger partial charge is 0.309 e. The molecule has 0 unspecified atom stereocenters. The van der Waals surface area contributed by atoms with Crippen molar-refractivity contribution in [2.24, 2.45) is 34.5 Å². The number of piperidine rings is 1. The Kier molecular flexibility index (Phi) is 3.15. The standard InChI is InChI=1S/C23H33NO3/c1-13-11-24-12-15-6-4-14-5-7-16-17(19(25)27-3)10-22(18(14)16)20(24)23(13,26)9-8-21(15,22)2/h13,15-17,20,26H,4-12H2,1-3H3/t13-,15-,16-,17-,20-,21+,22+,23+/m0/s1. The number of allylic oxidation sites excluding steroid dienone is 1. The molecule has 4 nitrogen and oxygen atoms in total. The summed E-state index contributed by atoms with van der Waals surface area (Å²) < 4.78 is 5.29. The number of hydrogen-bond acceptors (Lipinski definition) is 4. The van der Waals surface area contributed by atoms with Gasteiger partial charge in [0.15, 0.2) is 0 Å². The highest BCUT2D eigenvalue weighted by molar-refractivity contribution is 5.75. The molecule has 0 aromatic heterocycles. The second-order valence-electron chi connectivity index (χ2n) is 10.9. The lowest BCUT2D eigenvalue weighted by atomic mass is 9.43. The number of carbonyl (C=O) groups is 1. The number of carbonyl (C=O) groups excluding carboxylic acids is 1. The number of esters is 1. The Morgan fingerprint density at radius 1 is 1.22 bits per heavy atom. The fraction of sp³-hybridized carbons (Fsp3) is 0.870. The van der Waals surface area contributed by atoms with E-state index in [2.05, 4.69) is 18.7 Å². The normalized spacial score (nSPS) is 55.5. The number of aliphatic hydroxyl groups is 1. The first-order valence-electron chi connectivity index (χ1n) is 11.1. The van der Waals surface area contributed by atoms with Crippen molar-refractivity contribution in [1.82, 2.24) is 4.90 Å². The van der Waals surface area contributed by atoms with Crippen molar-refractivity contribution >= 4 is 5.97 Å².